The number of nitrogens with zero attached hydrogens (tertiary/aromatic N) is 2. The molecule has 1 aliphatic heterocycles. The molecule has 2 atom stereocenters. The summed E-state index contributed by atoms with van der Waals surface area (Å²) in [5, 5.41) is 0. The van der Waals surface area contributed by atoms with Crippen molar-refractivity contribution in [3.63, 3.8) is 0 Å². The molecule has 0 amide bonds. The molecular weight excluding hydrogens is 286 g/mol. The van der Waals surface area contributed by atoms with E-state index in [1.165, 1.54) is 6.07 Å². The third kappa shape index (κ3) is 1.84. The maximum Gasteiger partial charge on any atom is 0.153 e. The number of ether oxygens (including phenoxy) is 1. The summed E-state index contributed by atoms with van der Waals surface area (Å²) in [5.41, 5.74) is 0.180. The number of alkyl halides is 1. The van der Waals surface area contributed by atoms with Crippen molar-refractivity contribution in [2.45, 2.75) is 37.8 Å². The molecule has 0 aliphatic carbocycles. The summed E-state index contributed by atoms with van der Waals surface area (Å²) in [7, 11) is 0. The van der Waals surface area contributed by atoms with Crippen LogP contribution in [0.3, 0.4) is 0 Å². The summed E-state index contributed by atoms with van der Waals surface area (Å²) in [6, 6.07) is 2.15. The Morgan fingerprint density at radius 1 is 1.50 bits per heavy atom. The SMILES string of the molecule is CC1OCCC1(C)n1c(CCl)nc2c(F)cc(F)cc21. The van der Waals surface area contributed by atoms with Crippen LogP contribution in [0.15, 0.2) is 12.1 Å². The van der Waals surface area contributed by atoms with Crippen molar-refractivity contribution in [2.75, 3.05) is 6.61 Å². The van der Waals surface area contributed by atoms with Crippen LogP contribution in [0, 0.1) is 11.6 Å². The number of hydrogen-bond donors (Lipinski definition) is 0. The van der Waals surface area contributed by atoms with Crippen LogP contribution in [0.4, 0.5) is 8.78 Å². The van der Waals surface area contributed by atoms with E-state index in [-0.39, 0.29) is 17.5 Å². The first-order valence-corrected chi connectivity index (χ1v) is 7.05. The molecule has 1 aliphatic rings. The summed E-state index contributed by atoms with van der Waals surface area (Å²) in [5.74, 6) is -0.614. The summed E-state index contributed by atoms with van der Waals surface area (Å²) in [6.07, 6.45) is 0.676. The number of imidazole rings is 1. The molecule has 20 heavy (non-hydrogen) atoms. The van der Waals surface area contributed by atoms with Crippen LogP contribution in [0.5, 0.6) is 0 Å². The van der Waals surface area contributed by atoms with E-state index < -0.39 is 17.2 Å². The predicted molar refractivity (Wildman–Crippen MR) is 72.9 cm³/mol. The molecule has 0 bridgehead atoms. The molecule has 0 spiro atoms. The average molecular weight is 301 g/mol. The lowest BCUT2D eigenvalue weighted by Gasteiger charge is -2.31. The quantitative estimate of drug-likeness (QED) is 0.793. The highest BCUT2D eigenvalue weighted by Crippen LogP contribution is 2.38. The Morgan fingerprint density at radius 3 is 2.85 bits per heavy atom. The van der Waals surface area contributed by atoms with Crippen molar-refractivity contribution >= 4 is 22.6 Å². The van der Waals surface area contributed by atoms with Crippen LogP contribution >= 0.6 is 11.6 Å². The second kappa shape index (κ2) is 4.67. The van der Waals surface area contributed by atoms with Gasteiger partial charge in [-0.3, -0.25) is 0 Å². The first kappa shape index (κ1) is 13.8. The lowest BCUT2D eigenvalue weighted by molar-refractivity contribution is 0.0766. The maximum absolute atomic E-state index is 13.9. The second-order valence-corrected chi connectivity index (χ2v) is 5.64. The average Bonchev–Trinajstić information content (AvgIpc) is 2.92. The molecule has 0 saturated carbocycles. The van der Waals surface area contributed by atoms with E-state index in [1.54, 1.807) is 0 Å². The molecule has 6 heteroatoms. The van der Waals surface area contributed by atoms with Crippen molar-refractivity contribution in [2.24, 2.45) is 0 Å². The van der Waals surface area contributed by atoms with Crippen molar-refractivity contribution in [3.8, 4) is 0 Å². The molecule has 2 unspecified atom stereocenters. The Morgan fingerprint density at radius 2 is 2.25 bits per heavy atom. The molecule has 3 nitrogen and oxygen atoms in total. The van der Waals surface area contributed by atoms with Crippen LogP contribution in [-0.4, -0.2) is 22.3 Å². The van der Waals surface area contributed by atoms with E-state index >= 15 is 0 Å². The minimum absolute atomic E-state index is 0.0757. The largest absolute Gasteiger partial charge is 0.376 e. The van der Waals surface area contributed by atoms with Crippen molar-refractivity contribution in [1.29, 1.82) is 0 Å². The summed E-state index contributed by atoms with van der Waals surface area (Å²) < 4.78 is 34.9. The lowest BCUT2D eigenvalue weighted by atomic mass is 9.93. The topological polar surface area (TPSA) is 27.1 Å². The first-order chi connectivity index (χ1) is 9.47. The third-order valence-electron chi connectivity index (χ3n) is 4.23. The highest BCUT2D eigenvalue weighted by Gasteiger charge is 2.41. The van der Waals surface area contributed by atoms with Gasteiger partial charge in [0.1, 0.15) is 17.2 Å². The smallest absolute Gasteiger partial charge is 0.153 e. The zero-order chi connectivity index (χ0) is 14.5. The second-order valence-electron chi connectivity index (χ2n) is 5.37. The Kier molecular flexibility index (Phi) is 3.21. The molecule has 0 N–H and O–H groups in total. The van der Waals surface area contributed by atoms with Gasteiger partial charge in [0.2, 0.25) is 0 Å². The van der Waals surface area contributed by atoms with E-state index in [0.717, 1.165) is 12.5 Å². The third-order valence-corrected chi connectivity index (χ3v) is 4.47. The van der Waals surface area contributed by atoms with Crippen molar-refractivity contribution in [1.82, 2.24) is 9.55 Å². The van der Waals surface area contributed by atoms with Gasteiger partial charge in [-0.25, -0.2) is 13.8 Å². The van der Waals surface area contributed by atoms with Gasteiger partial charge in [0.05, 0.1) is 23.0 Å². The van der Waals surface area contributed by atoms with Gasteiger partial charge in [0, 0.05) is 18.7 Å². The summed E-state index contributed by atoms with van der Waals surface area (Å²) >= 11 is 5.94. The van der Waals surface area contributed by atoms with Crippen LogP contribution in [-0.2, 0) is 16.2 Å². The zero-order valence-corrected chi connectivity index (χ0v) is 12.0. The van der Waals surface area contributed by atoms with Gasteiger partial charge in [0.25, 0.3) is 0 Å². The van der Waals surface area contributed by atoms with Gasteiger partial charge < -0.3 is 9.30 Å². The van der Waals surface area contributed by atoms with E-state index in [2.05, 4.69) is 4.98 Å². The summed E-state index contributed by atoms with van der Waals surface area (Å²) in [4.78, 5) is 4.23. The van der Waals surface area contributed by atoms with Crippen LogP contribution in [0.25, 0.3) is 11.0 Å². The maximum atomic E-state index is 13.9. The van der Waals surface area contributed by atoms with Gasteiger partial charge in [-0.05, 0) is 20.3 Å². The molecule has 1 saturated heterocycles. The standard InChI is InChI=1S/C14H15ClF2N2O/c1-8-14(2,3-4-20-8)19-11-6-9(16)5-10(17)13(11)18-12(19)7-15/h5-6,8H,3-4,7H2,1-2H3. The monoisotopic (exact) mass is 300 g/mol. The van der Waals surface area contributed by atoms with E-state index in [0.29, 0.717) is 17.9 Å². The van der Waals surface area contributed by atoms with Crippen molar-refractivity contribution in [3.05, 3.63) is 29.6 Å². The molecule has 2 heterocycles. The molecule has 0 radical (unpaired) electrons. The Bertz CT molecular complexity index is 673. The fraction of sp³-hybridized carbons (Fsp3) is 0.500. The molecular formula is C14H15ClF2N2O. The van der Waals surface area contributed by atoms with Gasteiger partial charge in [0.15, 0.2) is 5.82 Å². The number of halogens is 3. The normalized spacial score (nSPS) is 26.6. The zero-order valence-electron chi connectivity index (χ0n) is 11.3. The Hall–Kier alpha value is -1.20. The fourth-order valence-corrected chi connectivity index (χ4v) is 3.11. The molecule has 108 valence electrons. The van der Waals surface area contributed by atoms with Crippen LogP contribution in [0.2, 0.25) is 0 Å². The lowest BCUT2D eigenvalue weighted by Crippen LogP contribution is -2.37. The van der Waals surface area contributed by atoms with Crippen LogP contribution in [0.1, 0.15) is 26.1 Å². The minimum Gasteiger partial charge on any atom is -0.376 e. The first-order valence-electron chi connectivity index (χ1n) is 6.52. The molecule has 3 rings (SSSR count). The number of hydrogen-bond acceptors (Lipinski definition) is 2. The molecule has 1 fully saturated rings. The molecule has 2 aromatic rings. The number of fused-ring (bicyclic) bond motifs is 1. The van der Waals surface area contributed by atoms with Gasteiger partial charge >= 0.3 is 0 Å². The number of aromatic nitrogens is 2. The minimum atomic E-state index is -0.666. The van der Waals surface area contributed by atoms with Gasteiger partial charge in [-0.15, -0.1) is 11.6 Å². The van der Waals surface area contributed by atoms with E-state index in [1.807, 2.05) is 18.4 Å². The van der Waals surface area contributed by atoms with E-state index in [4.69, 9.17) is 16.3 Å². The highest BCUT2D eigenvalue weighted by molar-refractivity contribution is 6.16. The summed E-state index contributed by atoms with van der Waals surface area (Å²) in [6.45, 7) is 4.56. The molecule has 1 aromatic carbocycles. The van der Waals surface area contributed by atoms with Gasteiger partial charge in [-0.2, -0.15) is 0 Å². The van der Waals surface area contributed by atoms with Crippen LogP contribution < -0.4 is 0 Å². The van der Waals surface area contributed by atoms with E-state index in [9.17, 15) is 8.78 Å². The Balaban J connectivity index is 2.33. The fourth-order valence-electron chi connectivity index (χ4n) is 2.93. The van der Waals surface area contributed by atoms with Crippen molar-refractivity contribution < 1.29 is 13.5 Å². The highest BCUT2D eigenvalue weighted by atomic mass is 35.5. The molecule has 1 aromatic heterocycles. The predicted octanol–water partition coefficient (Wildman–Crippen LogP) is 3.58. The van der Waals surface area contributed by atoms with Gasteiger partial charge in [-0.1, -0.05) is 0 Å². The Labute approximate surface area is 120 Å². The number of benzene rings is 1. The number of rotatable bonds is 2.